The fourth-order valence-corrected chi connectivity index (χ4v) is 4.12. The molecule has 0 aromatic heterocycles. The summed E-state index contributed by atoms with van der Waals surface area (Å²) in [4.78, 5) is 14.0. The summed E-state index contributed by atoms with van der Waals surface area (Å²) in [6.07, 6.45) is 4.61. The average Bonchev–Trinajstić information content (AvgIpc) is 3.04. The topological polar surface area (TPSA) is 54.5 Å². The highest BCUT2D eigenvalue weighted by atomic mass is 32.2. The molecular formula is C12H21NO3S. The maximum atomic E-state index is 12.1. The summed E-state index contributed by atoms with van der Waals surface area (Å²) in [6, 6.07) is -0.0559. The van der Waals surface area contributed by atoms with Gasteiger partial charge < -0.3 is 4.90 Å². The number of hydrogen-bond donors (Lipinski definition) is 0. The van der Waals surface area contributed by atoms with Crippen molar-refractivity contribution in [1.29, 1.82) is 0 Å². The van der Waals surface area contributed by atoms with Crippen molar-refractivity contribution in [2.75, 3.05) is 18.1 Å². The molecule has 0 radical (unpaired) electrons. The van der Waals surface area contributed by atoms with Gasteiger partial charge in [0.05, 0.1) is 11.5 Å². The molecule has 0 N–H and O–H groups in total. The second-order valence-electron chi connectivity index (χ2n) is 5.22. The van der Waals surface area contributed by atoms with E-state index in [1.165, 1.54) is 0 Å². The van der Waals surface area contributed by atoms with Crippen LogP contribution in [0, 0.1) is 5.92 Å². The van der Waals surface area contributed by atoms with Gasteiger partial charge >= 0.3 is 0 Å². The monoisotopic (exact) mass is 259 g/mol. The third kappa shape index (κ3) is 3.21. The van der Waals surface area contributed by atoms with Gasteiger partial charge in [0, 0.05) is 18.5 Å². The minimum absolute atomic E-state index is 0.0559. The van der Waals surface area contributed by atoms with E-state index in [-0.39, 0.29) is 29.4 Å². The first-order valence-corrected chi connectivity index (χ1v) is 8.36. The highest BCUT2D eigenvalue weighted by Crippen LogP contribution is 2.33. The zero-order valence-corrected chi connectivity index (χ0v) is 11.2. The van der Waals surface area contributed by atoms with E-state index in [2.05, 4.69) is 6.92 Å². The minimum atomic E-state index is -2.90. The number of amides is 1. The van der Waals surface area contributed by atoms with Crippen molar-refractivity contribution in [3.05, 3.63) is 0 Å². The van der Waals surface area contributed by atoms with E-state index in [9.17, 15) is 13.2 Å². The number of carbonyl (C=O) groups is 1. The summed E-state index contributed by atoms with van der Waals surface area (Å²) in [6.45, 7) is 2.82. The van der Waals surface area contributed by atoms with E-state index >= 15 is 0 Å². The van der Waals surface area contributed by atoms with Gasteiger partial charge in [-0.1, -0.05) is 13.3 Å². The Bertz CT molecular complexity index is 387. The highest BCUT2D eigenvalue weighted by molar-refractivity contribution is 7.91. The number of nitrogens with zero attached hydrogens (tertiary/aromatic N) is 1. The van der Waals surface area contributed by atoms with E-state index in [0.29, 0.717) is 6.42 Å². The lowest BCUT2D eigenvalue weighted by Gasteiger charge is -2.28. The quantitative estimate of drug-likeness (QED) is 0.746. The molecule has 2 rings (SSSR count). The maximum Gasteiger partial charge on any atom is 0.225 e. The largest absolute Gasteiger partial charge is 0.338 e. The van der Waals surface area contributed by atoms with Crippen molar-refractivity contribution in [2.45, 2.75) is 45.1 Å². The molecule has 1 aliphatic heterocycles. The van der Waals surface area contributed by atoms with Crippen molar-refractivity contribution in [3.63, 3.8) is 0 Å². The second kappa shape index (κ2) is 4.96. The molecular weight excluding hydrogens is 238 g/mol. The molecule has 1 saturated heterocycles. The number of hydrogen-bond acceptors (Lipinski definition) is 3. The highest BCUT2D eigenvalue weighted by Gasteiger charge is 2.39. The minimum Gasteiger partial charge on any atom is -0.338 e. The molecule has 98 valence electrons. The maximum absolute atomic E-state index is 12.1. The third-order valence-electron chi connectivity index (χ3n) is 3.61. The first kappa shape index (κ1) is 12.9. The summed E-state index contributed by atoms with van der Waals surface area (Å²) < 4.78 is 23.0. The Morgan fingerprint density at radius 1 is 1.29 bits per heavy atom. The van der Waals surface area contributed by atoms with Gasteiger partial charge in [0.15, 0.2) is 9.84 Å². The van der Waals surface area contributed by atoms with Crippen LogP contribution in [0.4, 0.5) is 0 Å². The lowest BCUT2D eigenvalue weighted by molar-refractivity contribution is -0.134. The molecule has 1 atom stereocenters. The normalized spacial score (nSPS) is 27.0. The lowest BCUT2D eigenvalue weighted by atomic mass is 10.1. The van der Waals surface area contributed by atoms with Gasteiger partial charge in [-0.3, -0.25) is 4.79 Å². The second-order valence-corrected chi connectivity index (χ2v) is 7.45. The van der Waals surface area contributed by atoms with Crippen LogP contribution in [0.25, 0.3) is 0 Å². The van der Waals surface area contributed by atoms with Crippen LogP contribution in [0.3, 0.4) is 0 Å². The van der Waals surface area contributed by atoms with E-state index in [0.717, 1.165) is 32.2 Å². The van der Waals surface area contributed by atoms with Crippen LogP contribution in [-0.4, -0.2) is 43.3 Å². The lowest BCUT2D eigenvalue weighted by Crippen LogP contribution is -2.42. The third-order valence-corrected chi connectivity index (χ3v) is 5.36. The molecule has 0 aromatic rings. The molecule has 0 bridgehead atoms. The van der Waals surface area contributed by atoms with Gasteiger partial charge in [-0.15, -0.1) is 0 Å². The number of rotatable bonds is 5. The van der Waals surface area contributed by atoms with E-state index in [1.807, 2.05) is 4.90 Å². The van der Waals surface area contributed by atoms with Crippen molar-refractivity contribution < 1.29 is 13.2 Å². The van der Waals surface area contributed by atoms with Crippen LogP contribution in [0.15, 0.2) is 0 Å². The summed E-state index contributed by atoms with van der Waals surface area (Å²) >= 11 is 0. The molecule has 4 nitrogen and oxygen atoms in total. The van der Waals surface area contributed by atoms with Crippen LogP contribution in [-0.2, 0) is 14.6 Å². The predicted molar refractivity (Wildman–Crippen MR) is 66.4 cm³/mol. The Morgan fingerprint density at radius 3 is 2.47 bits per heavy atom. The van der Waals surface area contributed by atoms with Crippen LogP contribution in [0.1, 0.15) is 39.0 Å². The standard InChI is InChI=1S/C12H21NO3S/c1-2-3-7-13(12(14)10-4-5-10)11-6-8-17(15,16)9-11/h10-11H,2-9H2,1H3/t11-/m0/s1. The molecule has 2 fully saturated rings. The van der Waals surface area contributed by atoms with Gasteiger partial charge in [-0.2, -0.15) is 0 Å². The first-order valence-electron chi connectivity index (χ1n) is 6.54. The van der Waals surface area contributed by atoms with Gasteiger partial charge in [-0.05, 0) is 25.7 Å². The zero-order chi connectivity index (χ0) is 12.5. The molecule has 2 aliphatic rings. The van der Waals surface area contributed by atoms with Crippen molar-refractivity contribution in [3.8, 4) is 0 Å². The van der Waals surface area contributed by atoms with Gasteiger partial charge in [0.25, 0.3) is 0 Å². The van der Waals surface area contributed by atoms with Gasteiger partial charge in [0.1, 0.15) is 0 Å². The van der Waals surface area contributed by atoms with Crippen LogP contribution in [0.5, 0.6) is 0 Å². The molecule has 17 heavy (non-hydrogen) atoms. The van der Waals surface area contributed by atoms with Crippen molar-refractivity contribution in [1.82, 2.24) is 4.90 Å². The van der Waals surface area contributed by atoms with Crippen LogP contribution in [0.2, 0.25) is 0 Å². The SMILES string of the molecule is CCCCN(C(=O)C1CC1)[C@H]1CCS(=O)(=O)C1. The molecule has 5 heteroatoms. The van der Waals surface area contributed by atoms with Crippen LogP contribution < -0.4 is 0 Å². The molecule has 0 aromatic carbocycles. The van der Waals surface area contributed by atoms with E-state index < -0.39 is 9.84 Å². The summed E-state index contributed by atoms with van der Waals surface area (Å²) in [5, 5.41) is 0. The number of carbonyl (C=O) groups excluding carboxylic acids is 1. The summed E-state index contributed by atoms with van der Waals surface area (Å²) in [5.41, 5.74) is 0. The molecule has 1 heterocycles. The molecule has 0 spiro atoms. The van der Waals surface area contributed by atoms with Crippen molar-refractivity contribution >= 4 is 15.7 Å². The Balaban J connectivity index is 2.01. The average molecular weight is 259 g/mol. The molecule has 1 amide bonds. The fourth-order valence-electron chi connectivity index (χ4n) is 2.39. The van der Waals surface area contributed by atoms with E-state index in [1.54, 1.807) is 0 Å². The van der Waals surface area contributed by atoms with E-state index in [4.69, 9.17) is 0 Å². The van der Waals surface area contributed by atoms with Crippen LogP contribution >= 0.6 is 0 Å². The first-order chi connectivity index (χ1) is 8.03. The summed E-state index contributed by atoms with van der Waals surface area (Å²) in [5.74, 6) is 0.809. The molecule has 1 saturated carbocycles. The zero-order valence-electron chi connectivity index (χ0n) is 10.4. The van der Waals surface area contributed by atoms with Crippen molar-refractivity contribution in [2.24, 2.45) is 5.92 Å². The van der Waals surface area contributed by atoms with Gasteiger partial charge in [-0.25, -0.2) is 8.42 Å². The molecule has 1 aliphatic carbocycles. The van der Waals surface area contributed by atoms with Gasteiger partial charge in [0.2, 0.25) is 5.91 Å². The Labute approximate surface area is 103 Å². The number of unbranched alkanes of at least 4 members (excludes halogenated alkanes) is 1. The Morgan fingerprint density at radius 2 is 2.00 bits per heavy atom. The molecule has 0 unspecified atom stereocenters. The Kier molecular flexibility index (Phi) is 3.76. The summed E-state index contributed by atoms with van der Waals surface area (Å²) in [7, 11) is -2.90. The predicted octanol–water partition coefficient (Wildman–Crippen LogP) is 1.21. The fraction of sp³-hybridized carbons (Fsp3) is 0.917. The number of sulfone groups is 1. The smallest absolute Gasteiger partial charge is 0.225 e. The Hall–Kier alpha value is -0.580.